The molecule has 1 fully saturated rings. The van der Waals surface area contributed by atoms with E-state index in [1.54, 1.807) is 23.0 Å². The van der Waals surface area contributed by atoms with Crippen molar-refractivity contribution in [1.82, 2.24) is 19.8 Å². The van der Waals surface area contributed by atoms with Gasteiger partial charge in [-0.05, 0) is 66.9 Å². The van der Waals surface area contributed by atoms with Gasteiger partial charge in [0.15, 0.2) is 0 Å². The second kappa shape index (κ2) is 10.5. The molecular formula is C28H28N6O2. The van der Waals surface area contributed by atoms with E-state index >= 15 is 0 Å². The number of anilines is 1. The van der Waals surface area contributed by atoms with Crippen molar-refractivity contribution in [2.24, 2.45) is 5.92 Å². The zero-order valence-electron chi connectivity index (χ0n) is 20.0. The fraction of sp³-hybridized carbons (Fsp3) is 0.250. The summed E-state index contributed by atoms with van der Waals surface area (Å²) in [6.45, 7) is 3.48. The first-order valence-corrected chi connectivity index (χ1v) is 12.1. The average Bonchev–Trinajstić information content (AvgIpc) is 3.49. The summed E-state index contributed by atoms with van der Waals surface area (Å²) in [5.41, 5.74) is 2.29. The van der Waals surface area contributed by atoms with Crippen LogP contribution in [0.15, 0.2) is 85.2 Å². The molecule has 5 rings (SSSR count). The average molecular weight is 481 g/mol. The van der Waals surface area contributed by atoms with Gasteiger partial charge in [0.1, 0.15) is 17.5 Å². The van der Waals surface area contributed by atoms with Gasteiger partial charge in [-0.25, -0.2) is 4.52 Å². The van der Waals surface area contributed by atoms with Gasteiger partial charge in [0.2, 0.25) is 0 Å². The summed E-state index contributed by atoms with van der Waals surface area (Å²) in [6, 6.07) is 24.6. The van der Waals surface area contributed by atoms with Crippen molar-refractivity contribution in [1.29, 1.82) is 5.26 Å². The van der Waals surface area contributed by atoms with E-state index in [1.165, 1.54) is 0 Å². The Morgan fingerprint density at radius 3 is 2.67 bits per heavy atom. The van der Waals surface area contributed by atoms with Crippen LogP contribution in [0.3, 0.4) is 0 Å². The molecule has 0 bridgehead atoms. The van der Waals surface area contributed by atoms with Gasteiger partial charge >= 0.3 is 0 Å². The molecule has 1 aliphatic rings. The summed E-state index contributed by atoms with van der Waals surface area (Å²) in [6.07, 6.45) is 4.40. The molecule has 3 unspecified atom stereocenters. The highest BCUT2D eigenvalue weighted by molar-refractivity contribution is 5.95. The summed E-state index contributed by atoms with van der Waals surface area (Å²) in [5.74, 6) is 1.67. The van der Waals surface area contributed by atoms with Crippen molar-refractivity contribution in [2.45, 2.75) is 25.6 Å². The van der Waals surface area contributed by atoms with Crippen molar-refractivity contribution < 1.29 is 9.53 Å². The Hall–Kier alpha value is -4.35. The Labute approximate surface area is 210 Å². The minimum Gasteiger partial charge on any atom is -0.457 e. The number of hydrogen-bond donors (Lipinski definition) is 2. The Kier molecular flexibility index (Phi) is 6.83. The topological polar surface area (TPSA) is 94.7 Å². The van der Waals surface area contributed by atoms with Crippen LogP contribution in [0.25, 0.3) is 5.52 Å². The number of rotatable bonds is 8. The van der Waals surface area contributed by atoms with Gasteiger partial charge in [-0.2, -0.15) is 10.4 Å². The molecule has 2 aromatic carbocycles. The molecule has 1 aliphatic heterocycles. The van der Waals surface area contributed by atoms with Crippen LogP contribution in [0.1, 0.15) is 23.7 Å². The fourth-order valence-electron chi connectivity index (χ4n) is 4.54. The van der Waals surface area contributed by atoms with E-state index in [-0.39, 0.29) is 12.1 Å². The maximum absolute atomic E-state index is 12.8. The highest BCUT2D eigenvalue weighted by atomic mass is 16.5. The standard InChI is InChI=1S/C28H28N6O2/c1-20-13-15-33(19-23(17-29)32-28(35)21-16-24-6-5-14-30-34(24)18-21)27(20)31-22-9-11-26(12-10-22)36-25-7-3-2-4-8-25/h2-12,14,16,18,20,23,27,31H,13,15,19H2,1H3,(H,32,35). The Morgan fingerprint density at radius 2 is 1.92 bits per heavy atom. The molecule has 8 nitrogen and oxygen atoms in total. The van der Waals surface area contributed by atoms with E-state index in [0.717, 1.165) is 35.7 Å². The molecule has 3 heterocycles. The van der Waals surface area contributed by atoms with Crippen LogP contribution in [-0.4, -0.2) is 45.7 Å². The molecule has 0 radical (unpaired) electrons. The molecule has 182 valence electrons. The number of likely N-dealkylation sites (tertiary alicyclic amines) is 1. The highest BCUT2D eigenvalue weighted by Gasteiger charge is 2.33. The molecule has 0 saturated carbocycles. The normalized spacial score (nSPS) is 18.4. The number of aromatic nitrogens is 2. The smallest absolute Gasteiger partial charge is 0.253 e. The van der Waals surface area contributed by atoms with Crippen LogP contribution in [0.5, 0.6) is 11.5 Å². The van der Waals surface area contributed by atoms with Gasteiger partial charge in [0.25, 0.3) is 5.91 Å². The molecule has 0 aliphatic carbocycles. The zero-order valence-corrected chi connectivity index (χ0v) is 20.0. The van der Waals surface area contributed by atoms with Gasteiger partial charge in [-0.15, -0.1) is 0 Å². The zero-order chi connectivity index (χ0) is 24.9. The highest BCUT2D eigenvalue weighted by Crippen LogP contribution is 2.28. The minimum absolute atomic E-state index is 0.0555. The number of para-hydroxylation sites is 1. The van der Waals surface area contributed by atoms with Gasteiger partial charge in [-0.3, -0.25) is 9.69 Å². The lowest BCUT2D eigenvalue weighted by Crippen LogP contribution is -2.47. The number of carbonyl (C=O) groups excluding carboxylic acids is 1. The number of hydrogen-bond acceptors (Lipinski definition) is 6. The number of amides is 1. The van der Waals surface area contributed by atoms with Crippen LogP contribution in [-0.2, 0) is 0 Å². The van der Waals surface area contributed by atoms with E-state index in [0.29, 0.717) is 18.0 Å². The SMILES string of the molecule is CC1CCN(CC(C#N)NC(=O)c2cc3cccnn3c2)C1Nc1ccc(Oc2ccccc2)cc1. The van der Waals surface area contributed by atoms with Crippen molar-refractivity contribution in [3.63, 3.8) is 0 Å². The van der Waals surface area contributed by atoms with E-state index < -0.39 is 6.04 Å². The molecule has 2 N–H and O–H groups in total. The predicted octanol–water partition coefficient (Wildman–Crippen LogP) is 4.53. The second-order valence-corrected chi connectivity index (χ2v) is 9.07. The van der Waals surface area contributed by atoms with Crippen molar-refractivity contribution >= 4 is 17.1 Å². The largest absolute Gasteiger partial charge is 0.457 e. The van der Waals surface area contributed by atoms with Gasteiger partial charge in [-0.1, -0.05) is 25.1 Å². The molecule has 1 amide bonds. The lowest BCUT2D eigenvalue weighted by molar-refractivity contribution is 0.0935. The number of carbonyl (C=O) groups is 1. The molecule has 36 heavy (non-hydrogen) atoms. The number of benzene rings is 2. The molecule has 3 atom stereocenters. The third-order valence-corrected chi connectivity index (χ3v) is 6.47. The number of nitrogens with one attached hydrogen (secondary N) is 2. The number of nitriles is 1. The van der Waals surface area contributed by atoms with Crippen LogP contribution in [0.4, 0.5) is 5.69 Å². The summed E-state index contributed by atoms with van der Waals surface area (Å²) in [5, 5.41) is 20.4. The van der Waals surface area contributed by atoms with E-state index in [4.69, 9.17) is 4.74 Å². The lowest BCUT2D eigenvalue weighted by atomic mass is 10.1. The molecule has 8 heteroatoms. The third kappa shape index (κ3) is 5.32. The van der Waals surface area contributed by atoms with Gasteiger partial charge in [0.05, 0.1) is 23.3 Å². The quantitative estimate of drug-likeness (QED) is 0.385. The summed E-state index contributed by atoms with van der Waals surface area (Å²) in [4.78, 5) is 15.0. The van der Waals surface area contributed by atoms with Gasteiger partial charge in [0, 0.05) is 31.2 Å². The van der Waals surface area contributed by atoms with Gasteiger partial charge < -0.3 is 15.4 Å². The van der Waals surface area contributed by atoms with Crippen molar-refractivity contribution in [3.05, 3.63) is 90.8 Å². The first kappa shape index (κ1) is 23.4. The molecule has 2 aromatic heterocycles. The maximum atomic E-state index is 12.8. The molecule has 0 spiro atoms. The molecule has 1 saturated heterocycles. The Balaban J connectivity index is 1.21. The Bertz CT molecular complexity index is 1330. The molecular weight excluding hydrogens is 452 g/mol. The summed E-state index contributed by atoms with van der Waals surface area (Å²) >= 11 is 0. The number of ether oxygens (including phenoxy) is 1. The first-order chi connectivity index (χ1) is 17.6. The Morgan fingerprint density at radius 1 is 1.14 bits per heavy atom. The van der Waals surface area contributed by atoms with Crippen LogP contribution >= 0.6 is 0 Å². The van der Waals surface area contributed by atoms with Crippen LogP contribution in [0.2, 0.25) is 0 Å². The van der Waals surface area contributed by atoms with E-state index in [2.05, 4.69) is 33.6 Å². The predicted molar refractivity (Wildman–Crippen MR) is 138 cm³/mol. The summed E-state index contributed by atoms with van der Waals surface area (Å²) < 4.78 is 7.53. The maximum Gasteiger partial charge on any atom is 0.253 e. The van der Waals surface area contributed by atoms with Crippen LogP contribution < -0.4 is 15.4 Å². The van der Waals surface area contributed by atoms with E-state index in [9.17, 15) is 10.1 Å². The molecule has 4 aromatic rings. The minimum atomic E-state index is -0.635. The second-order valence-electron chi connectivity index (χ2n) is 9.07. The fourth-order valence-corrected chi connectivity index (χ4v) is 4.54. The first-order valence-electron chi connectivity index (χ1n) is 12.1. The monoisotopic (exact) mass is 480 g/mol. The number of fused-ring (bicyclic) bond motifs is 1. The van der Waals surface area contributed by atoms with Crippen molar-refractivity contribution in [3.8, 4) is 17.6 Å². The summed E-state index contributed by atoms with van der Waals surface area (Å²) in [7, 11) is 0. The van der Waals surface area contributed by atoms with E-state index in [1.807, 2.05) is 66.7 Å². The third-order valence-electron chi connectivity index (χ3n) is 6.47. The lowest BCUT2D eigenvalue weighted by Gasteiger charge is -2.30. The number of nitrogens with zero attached hydrogens (tertiary/aromatic N) is 4. The van der Waals surface area contributed by atoms with Crippen molar-refractivity contribution in [2.75, 3.05) is 18.4 Å². The van der Waals surface area contributed by atoms with Crippen LogP contribution in [0, 0.1) is 17.2 Å².